The van der Waals surface area contributed by atoms with Crippen molar-refractivity contribution >= 4 is 23.1 Å². The van der Waals surface area contributed by atoms with Gasteiger partial charge < -0.3 is 10.2 Å². The van der Waals surface area contributed by atoms with Crippen LogP contribution in [0.3, 0.4) is 0 Å². The van der Waals surface area contributed by atoms with Crippen molar-refractivity contribution in [1.82, 2.24) is 30.5 Å². The number of carbonyl (C=O) groups is 1. The molecule has 152 valence electrons. The van der Waals surface area contributed by atoms with Crippen LogP contribution in [0, 0.1) is 0 Å². The Morgan fingerprint density at radius 1 is 1.13 bits per heavy atom. The number of rotatable bonds is 5. The lowest BCUT2D eigenvalue weighted by Gasteiger charge is -2.32. The number of H-pyrrole nitrogens is 1. The fourth-order valence-corrected chi connectivity index (χ4v) is 4.29. The molecule has 5 rings (SSSR count). The summed E-state index contributed by atoms with van der Waals surface area (Å²) in [5, 5.41) is 21.2. The lowest BCUT2D eigenvalue weighted by molar-refractivity contribution is 0.0925. The first-order valence-electron chi connectivity index (χ1n) is 9.89. The van der Waals surface area contributed by atoms with Crippen LogP contribution >= 0.6 is 11.3 Å². The summed E-state index contributed by atoms with van der Waals surface area (Å²) in [5.74, 6) is 0.768. The second-order valence-electron chi connectivity index (χ2n) is 7.21. The van der Waals surface area contributed by atoms with Crippen molar-refractivity contribution in [3.05, 3.63) is 65.8 Å². The van der Waals surface area contributed by atoms with E-state index in [-0.39, 0.29) is 11.9 Å². The molecule has 1 fully saturated rings. The maximum atomic E-state index is 12.6. The van der Waals surface area contributed by atoms with Gasteiger partial charge in [0.15, 0.2) is 11.5 Å². The van der Waals surface area contributed by atoms with Crippen LogP contribution in [0.5, 0.6) is 0 Å². The summed E-state index contributed by atoms with van der Waals surface area (Å²) >= 11 is 1.69. The van der Waals surface area contributed by atoms with Gasteiger partial charge in [0, 0.05) is 25.2 Å². The summed E-state index contributed by atoms with van der Waals surface area (Å²) in [5.41, 5.74) is 2.19. The molecule has 1 saturated heterocycles. The molecule has 4 heterocycles. The van der Waals surface area contributed by atoms with Gasteiger partial charge in [-0.05, 0) is 36.4 Å². The Bertz CT molecular complexity index is 1110. The van der Waals surface area contributed by atoms with Gasteiger partial charge in [-0.2, -0.15) is 15.0 Å². The SMILES string of the molecule is O=C(NC1CCN(c2cc(-c3cccs3)[nH]n2)CC1)c1cnn(-c2ccccc2)n1. The van der Waals surface area contributed by atoms with Crippen LogP contribution in [0.15, 0.2) is 60.1 Å². The van der Waals surface area contributed by atoms with Gasteiger partial charge in [-0.25, -0.2) is 0 Å². The number of anilines is 1. The van der Waals surface area contributed by atoms with E-state index in [4.69, 9.17) is 0 Å². The highest BCUT2D eigenvalue weighted by Crippen LogP contribution is 2.27. The summed E-state index contributed by atoms with van der Waals surface area (Å²) in [4.78, 5) is 17.5. The topological polar surface area (TPSA) is 91.7 Å². The second-order valence-corrected chi connectivity index (χ2v) is 8.15. The highest BCUT2D eigenvalue weighted by atomic mass is 32.1. The zero-order chi connectivity index (χ0) is 20.3. The minimum atomic E-state index is -0.185. The molecule has 2 N–H and O–H groups in total. The molecule has 1 aliphatic heterocycles. The van der Waals surface area contributed by atoms with Crippen molar-refractivity contribution in [2.24, 2.45) is 0 Å². The van der Waals surface area contributed by atoms with Crippen LogP contribution in [0.1, 0.15) is 23.3 Å². The van der Waals surface area contributed by atoms with E-state index >= 15 is 0 Å². The predicted molar refractivity (Wildman–Crippen MR) is 116 cm³/mol. The van der Waals surface area contributed by atoms with Gasteiger partial charge in [0.25, 0.3) is 5.91 Å². The van der Waals surface area contributed by atoms with Gasteiger partial charge in [-0.1, -0.05) is 24.3 Å². The fraction of sp³-hybridized carbons (Fsp3) is 0.238. The number of amides is 1. The molecule has 0 unspecified atom stereocenters. The molecule has 0 atom stereocenters. The van der Waals surface area contributed by atoms with Gasteiger partial charge in [-0.15, -0.1) is 16.4 Å². The zero-order valence-electron chi connectivity index (χ0n) is 16.2. The number of hydrogen-bond donors (Lipinski definition) is 2. The summed E-state index contributed by atoms with van der Waals surface area (Å²) in [6.45, 7) is 1.69. The van der Waals surface area contributed by atoms with Crippen LogP contribution < -0.4 is 10.2 Å². The third-order valence-electron chi connectivity index (χ3n) is 5.22. The molecular weight excluding hydrogens is 398 g/mol. The summed E-state index contributed by atoms with van der Waals surface area (Å²) in [7, 11) is 0. The maximum Gasteiger partial charge on any atom is 0.273 e. The highest BCUT2D eigenvalue weighted by molar-refractivity contribution is 7.13. The minimum Gasteiger partial charge on any atom is -0.355 e. The average molecular weight is 420 g/mol. The molecule has 9 heteroatoms. The highest BCUT2D eigenvalue weighted by Gasteiger charge is 2.24. The number of nitrogens with zero attached hydrogens (tertiary/aromatic N) is 5. The molecule has 0 saturated carbocycles. The molecule has 30 heavy (non-hydrogen) atoms. The number of carbonyl (C=O) groups excluding carboxylic acids is 1. The molecule has 8 nitrogen and oxygen atoms in total. The quantitative estimate of drug-likeness (QED) is 0.519. The van der Waals surface area contributed by atoms with Crippen molar-refractivity contribution in [3.8, 4) is 16.3 Å². The first kappa shape index (κ1) is 18.6. The molecule has 3 aromatic heterocycles. The molecular formula is C21H21N7OS. The van der Waals surface area contributed by atoms with Gasteiger partial charge in [-0.3, -0.25) is 9.89 Å². The molecule has 0 bridgehead atoms. The number of para-hydroxylation sites is 1. The third kappa shape index (κ3) is 3.84. The van der Waals surface area contributed by atoms with Crippen molar-refractivity contribution in [1.29, 1.82) is 0 Å². The second kappa shape index (κ2) is 8.11. The number of nitrogens with one attached hydrogen (secondary N) is 2. The Balaban J connectivity index is 1.17. The van der Waals surface area contributed by atoms with Gasteiger partial charge >= 0.3 is 0 Å². The molecule has 4 aromatic rings. The molecule has 0 aliphatic carbocycles. The largest absolute Gasteiger partial charge is 0.355 e. The molecule has 0 radical (unpaired) electrons. The van der Waals surface area contributed by atoms with Crippen LogP contribution in [-0.2, 0) is 0 Å². The van der Waals surface area contributed by atoms with E-state index < -0.39 is 0 Å². The Morgan fingerprint density at radius 3 is 2.73 bits per heavy atom. The van der Waals surface area contributed by atoms with E-state index in [1.54, 1.807) is 11.3 Å². The number of hydrogen-bond acceptors (Lipinski definition) is 6. The maximum absolute atomic E-state index is 12.6. The summed E-state index contributed by atoms with van der Waals surface area (Å²) in [6.07, 6.45) is 3.23. The van der Waals surface area contributed by atoms with E-state index in [1.165, 1.54) is 15.9 Å². The monoisotopic (exact) mass is 419 g/mol. The van der Waals surface area contributed by atoms with Crippen molar-refractivity contribution < 1.29 is 4.79 Å². The summed E-state index contributed by atoms with van der Waals surface area (Å²) in [6, 6.07) is 15.9. The zero-order valence-corrected chi connectivity index (χ0v) is 17.0. The van der Waals surface area contributed by atoms with Crippen molar-refractivity contribution in [2.75, 3.05) is 18.0 Å². The van der Waals surface area contributed by atoms with Gasteiger partial charge in [0.05, 0.1) is 22.5 Å². The number of piperidine rings is 1. The van der Waals surface area contributed by atoms with Gasteiger partial charge in [0.1, 0.15) is 0 Å². The first-order chi connectivity index (χ1) is 14.8. The Morgan fingerprint density at radius 2 is 1.97 bits per heavy atom. The number of aromatic nitrogens is 5. The molecule has 1 amide bonds. The van der Waals surface area contributed by atoms with Crippen LogP contribution in [0.2, 0.25) is 0 Å². The van der Waals surface area contributed by atoms with Crippen LogP contribution in [0.25, 0.3) is 16.3 Å². The molecule has 1 aromatic carbocycles. The van der Waals surface area contributed by atoms with E-state index in [0.29, 0.717) is 5.69 Å². The van der Waals surface area contributed by atoms with Gasteiger partial charge in [0.2, 0.25) is 0 Å². The normalized spacial score (nSPS) is 14.7. The standard InChI is InChI=1S/C21H21N7OS/c29-21(18-14-22-28(26-18)16-5-2-1-3-6-16)23-15-8-10-27(11-9-15)20-13-17(24-25-20)19-7-4-12-30-19/h1-7,12-15H,8-11H2,(H,23,29)(H,24,25). The van der Waals surface area contributed by atoms with E-state index in [0.717, 1.165) is 43.1 Å². The Labute approximate surface area is 177 Å². The summed E-state index contributed by atoms with van der Waals surface area (Å²) < 4.78 is 0. The number of thiophene rings is 1. The minimum absolute atomic E-state index is 0.117. The lowest BCUT2D eigenvalue weighted by atomic mass is 10.0. The predicted octanol–water partition coefficient (Wildman–Crippen LogP) is 3.12. The van der Waals surface area contributed by atoms with Crippen molar-refractivity contribution in [2.45, 2.75) is 18.9 Å². The Kier molecular flexibility index (Phi) is 5.02. The van der Waals surface area contributed by atoms with E-state index in [2.05, 4.69) is 48.1 Å². The fourth-order valence-electron chi connectivity index (χ4n) is 3.60. The number of aromatic amines is 1. The van der Waals surface area contributed by atoms with E-state index in [9.17, 15) is 4.79 Å². The van der Waals surface area contributed by atoms with Crippen molar-refractivity contribution in [3.63, 3.8) is 0 Å². The number of benzene rings is 1. The smallest absolute Gasteiger partial charge is 0.273 e. The van der Waals surface area contributed by atoms with Crippen LogP contribution in [0.4, 0.5) is 5.82 Å². The van der Waals surface area contributed by atoms with Crippen LogP contribution in [-0.4, -0.2) is 50.2 Å². The third-order valence-corrected chi connectivity index (χ3v) is 6.12. The molecule has 1 aliphatic rings. The molecule has 0 spiro atoms. The Hall–Kier alpha value is -3.46. The van der Waals surface area contributed by atoms with E-state index in [1.807, 2.05) is 36.4 Å². The lowest BCUT2D eigenvalue weighted by Crippen LogP contribution is -2.45. The first-order valence-corrected chi connectivity index (χ1v) is 10.8. The average Bonchev–Trinajstić information content (AvgIpc) is 3.56.